The van der Waals surface area contributed by atoms with Gasteiger partial charge in [-0.1, -0.05) is 23.5 Å². The molecule has 0 unspecified atom stereocenters. The van der Waals surface area contributed by atoms with Crippen molar-refractivity contribution in [1.29, 1.82) is 0 Å². The predicted molar refractivity (Wildman–Crippen MR) is 117 cm³/mol. The molecule has 1 aliphatic rings. The van der Waals surface area contributed by atoms with Crippen molar-refractivity contribution in [1.82, 2.24) is 20.0 Å². The lowest BCUT2D eigenvalue weighted by atomic mass is 10.1. The second-order valence-electron chi connectivity index (χ2n) is 7.57. The Morgan fingerprint density at radius 2 is 1.65 bits per heavy atom. The molecule has 178 valence electrons. The van der Waals surface area contributed by atoms with Gasteiger partial charge in [0.25, 0.3) is 11.8 Å². The van der Waals surface area contributed by atoms with Crippen LogP contribution in [0.3, 0.4) is 0 Å². The van der Waals surface area contributed by atoms with Crippen molar-refractivity contribution in [2.24, 2.45) is 0 Å². The largest absolute Gasteiger partial charge is 0.417 e. The monoisotopic (exact) mass is 493 g/mol. The number of aromatic nitrogens is 2. The predicted octanol–water partition coefficient (Wildman–Crippen LogP) is 3.91. The number of piperazine rings is 1. The maximum Gasteiger partial charge on any atom is 0.417 e. The smallest absolute Gasteiger partial charge is 0.336 e. The van der Waals surface area contributed by atoms with E-state index in [0.717, 1.165) is 17.4 Å². The Bertz CT molecular complexity index is 1170. The van der Waals surface area contributed by atoms with Gasteiger partial charge in [-0.05, 0) is 36.4 Å². The number of halogens is 4. The third kappa shape index (κ3) is 5.57. The van der Waals surface area contributed by atoms with Gasteiger partial charge >= 0.3 is 6.18 Å². The molecule has 0 atom stereocenters. The van der Waals surface area contributed by atoms with Gasteiger partial charge in [0.05, 0.1) is 17.7 Å². The summed E-state index contributed by atoms with van der Waals surface area (Å²) in [6, 6.07) is 10.1. The van der Waals surface area contributed by atoms with Crippen molar-refractivity contribution in [2.45, 2.75) is 12.7 Å². The van der Waals surface area contributed by atoms with E-state index in [1.807, 2.05) is 4.90 Å². The van der Waals surface area contributed by atoms with E-state index in [9.17, 15) is 27.2 Å². The van der Waals surface area contributed by atoms with E-state index in [0.29, 0.717) is 30.3 Å². The van der Waals surface area contributed by atoms with Crippen LogP contribution in [0.15, 0.2) is 48.5 Å². The van der Waals surface area contributed by atoms with E-state index in [4.69, 9.17) is 0 Å². The molecule has 0 spiro atoms. The number of benzene rings is 2. The van der Waals surface area contributed by atoms with Crippen LogP contribution in [-0.4, -0.2) is 58.0 Å². The summed E-state index contributed by atoms with van der Waals surface area (Å²) in [6.07, 6.45) is -4.60. The van der Waals surface area contributed by atoms with Crippen LogP contribution >= 0.6 is 11.3 Å². The van der Waals surface area contributed by atoms with Crippen molar-refractivity contribution in [3.63, 3.8) is 0 Å². The number of rotatable bonds is 5. The van der Waals surface area contributed by atoms with Crippen LogP contribution in [0, 0.1) is 5.82 Å². The van der Waals surface area contributed by atoms with E-state index in [-0.39, 0.29) is 23.7 Å². The van der Waals surface area contributed by atoms with Crippen LogP contribution in [-0.2, 0) is 12.7 Å². The van der Waals surface area contributed by atoms with Gasteiger partial charge in [-0.15, -0.1) is 10.2 Å². The molecule has 1 N–H and O–H groups in total. The molecule has 1 saturated heterocycles. The Morgan fingerprint density at radius 3 is 2.32 bits per heavy atom. The summed E-state index contributed by atoms with van der Waals surface area (Å²) in [7, 11) is 0. The van der Waals surface area contributed by atoms with Gasteiger partial charge in [0.15, 0.2) is 0 Å². The topological polar surface area (TPSA) is 78.4 Å². The van der Waals surface area contributed by atoms with Gasteiger partial charge in [0.1, 0.15) is 10.8 Å². The Labute approximate surface area is 196 Å². The second-order valence-corrected chi connectivity index (χ2v) is 8.64. The highest BCUT2D eigenvalue weighted by molar-refractivity contribution is 7.13. The summed E-state index contributed by atoms with van der Waals surface area (Å²) in [5, 5.41) is 11.3. The third-order valence-corrected chi connectivity index (χ3v) is 6.15. The summed E-state index contributed by atoms with van der Waals surface area (Å²) < 4.78 is 52.7. The zero-order chi connectivity index (χ0) is 24.3. The van der Waals surface area contributed by atoms with Crippen molar-refractivity contribution in [3.05, 3.63) is 75.5 Å². The number of amides is 2. The molecule has 1 fully saturated rings. The minimum absolute atomic E-state index is 0.150. The highest BCUT2D eigenvalue weighted by Crippen LogP contribution is 2.32. The summed E-state index contributed by atoms with van der Waals surface area (Å²) in [5.74, 6) is -1.53. The Kier molecular flexibility index (Phi) is 6.89. The Hall–Kier alpha value is -3.38. The van der Waals surface area contributed by atoms with Crippen LogP contribution < -0.4 is 5.32 Å². The van der Waals surface area contributed by atoms with Gasteiger partial charge < -0.3 is 10.2 Å². The van der Waals surface area contributed by atoms with Crippen molar-refractivity contribution < 1.29 is 27.2 Å². The minimum Gasteiger partial charge on any atom is -0.336 e. The molecular weight excluding hydrogens is 474 g/mol. The average molecular weight is 493 g/mol. The summed E-state index contributed by atoms with van der Waals surface area (Å²) >= 11 is 1.11. The number of nitrogens with zero attached hydrogens (tertiary/aromatic N) is 4. The number of hydrogen-bond acceptors (Lipinski definition) is 6. The van der Waals surface area contributed by atoms with Gasteiger partial charge in [0.2, 0.25) is 5.01 Å². The fourth-order valence-electron chi connectivity index (χ4n) is 3.51. The molecule has 2 aromatic carbocycles. The number of carbonyl (C=O) groups excluding carboxylic acids is 2. The first-order valence-corrected chi connectivity index (χ1v) is 11.1. The Balaban J connectivity index is 1.32. The van der Waals surface area contributed by atoms with E-state index in [2.05, 4.69) is 15.5 Å². The molecule has 4 rings (SSSR count). The molecule has 12 heteroatoms. The number of carbonyl (C=O) groups is 2. The van der Waals surface area contributed by atoms with Gasteiger partial charge in [-0.3, -0.25) is 14.5 Å². The van der Waals surface area contributed by atoms with Gasteiger partial charge in [-0.2, -0.15) is 13.2 Å². The fraction of sp³-hybridized carbons (Fsp3) is 0.273. The van der Waals surface area contributed by atoms with Crippen LogP contribution in [0.1, 0.15) is 30.7 Å². The zero-order valence-electron chi connectivity index (χ0n) is 17.7. The maximum atomic E-state index is 13.2. The highest BCUT2D eigenvalue weighted by atomic mass is 32.1. The first-order valence-electron chi connectivity index (χ1n) is 10.3. The first-order chi connectivity index (χ1) is 16.2. The van der Waals surface area contributed by atoms with E-state index < -0.39 is 29.4 Å². The van der Waals surface area contributed by atoms with E-state index in [1.165, 1.54) is 47.4 Å². The van der Waals surface area contributed by atoms with Gasteiger partial charge in [0, 0.05) is 31.9 Å². The molecular formula is C22H19F4N5O2S. The van der Waals surface area contributed by atoms with Crippen molar-refractivity contribution in [2.75, 3.05) is 31.5 Å². The van der Waals surface area contributed by atoms with Crippen molar-refractivity contribution >= 4 is 28.8 Å². The molecule has 0 bridgehead atoms. The quantitative estimate of drug-likeness (QED) is 0.546. The minimum atomic E-state index is -4.60. The van der Waals surface area contributed by atoms with Crippen LogP contribution in [0.2, 0.25) is 0 Å². The SMILES string of the molecule is O=C(Nc1ccc(F)cc1)c1nnc(CN2CCN(C(=O)c3ccccc3C(F)(F)F)CC2)s1. The zero-order valence-corrected chi connectivity index (χ0v) is 18.5. The molecule has 1 aliphatic heterocycles. The van der Waals surface area contributed by atoms with Crippen LogP contribution in [0.5, 0.6) is 0 Å². The fourth-order valence-corrected chi connectivity index (χ4v) is 4.29. The lowest BCUT2D eigenvalue weighted by Crippen LogP contribution is -2.48. The highest BCUT2D eigenvalue weighted by Gasteiger charge is 2.36. The first kappa shape index (κ1) is 23.8. The number of hydrogen-bond donors (Lipinski definition) is 1. The molecule has 0 saturated carbocycles. The second kappa shape index (κ2) is 9.85. The molecule has 3 aromatic rings. The summed E-state index contributed by atoms with van der Waals surface area (Å²) in [5.41, 5.74) is -0.872. The maximum absolute atomic E-state index is 13.2. The lowest BCUT2D eigenvalue weighted by Gasteiger charge is -2.34. The van der Waals surface area contributed by atoms with E-state index >= 15 is 0 Å². The van der Waals surface area contributed by atoms with E-state index in [1.54, 1.807) is 0 Å². The normalized spacial score (nSPS) is 14.8. The molecule has 0 aliphatic carbocycles. The van der Waals surface area contributed by atoms with Gasteiger partial charge in [-0.25, -0.2) is 4.39 Å². The molecule has 34 heavy (non-hydrogen) atoms. The molecule has 1 aromatic heterocycles. The molecule has 2 amide bonds. The average Bonchev–Trinajstić information content (AvgIpc) is 3.29. The molecule has 7 nitrogen and oxygen atoms in total. The number of alkyl halides is 3. The molecule has 0 radical (unpaired) electrons. The summed E-state index contributed by atoms with van der Waals surface area (Å²) in [4.78, 5) is 28.4. The van der Waals surface area contributed by atoms with Crippen molar-refractivity contribution in [3.8, 4) is 0 Å². The third-order valence-electron chi connectivity index (χ3n) is 5.24. The summed E-state index contributed by atoms with van der Waals surface area (Å²) in [6.45, 7) is 1.80. The van der Waals surface area contributed by atoms with Crippen LogP contribution in [0.4, 0.5) is 23.2 Å². The van der Waals surface area contributed by atoms with Crippen LogP contribution in [0.25, 0.3) is 0 Å². The lowest BCUT2D eigenvalue weighted by molar-refractivity contribution is -0.138. The molecule has 2 heterocycles. The Morgan fingerprint density at radius 1 is 0.971 bits per heavy atom. The standard InChI is InChI=1S/C22H19F4N5O2S/c23-14-5-7-15(8-6-14)27-19(32)20-29-28-18(34-20)13-30-9-11-31(12-10-30)21(33)16-3-1-2-4-17(16)22(24,25)26/h1-8H,9-13H2,(H,27,32). The number of anilines is 1. The number of nitrogens with one attached hydrogen (secondary N) is 1.